The zero-order valence-corrected chi connectivity index (χ0v) is 14.4. The summed E-state index contributed by atoms with van der Waals surface area (Å²) in [5.74, 6) is 0.331. The zero-order chi connectivity index (χ0) is 17.8. The van der Waals surface area contributed by atoms with Crippen molar-refractivity contribution >= 4 is 40.6 Å². The van der Waals surface area contributed by atoms with E-state index in [0.717, 1.165) is 38.8 Å². The van der Waals surface area contributed by atoms with Gasteiger partial charge in [-0.2, -0.15) is 9.97 Å². The van der Waals surface area contributed by atoms with Gasteiger partial charge in [-0.3, -0.25) is 10.1 Å². The Kier molecular flexibility index (Phi) is 5.18. The predicted octanol–water partition coefficient (Wildman–Crippen LogP) is 3.74. The molecule has 1 aliphatic rings. The number of benzene rings is 1. The molecule has 3 N–H and O–H groups in total. The van der Waals surface area contributed by atoms with Gasteiger partial charge in [0.1, 0.15) is 0 Å². The van der Waals surface area contributed by atoms with E-state index in [1.165, 1.54) is 0 Å². The van der Waals surface area contributed by atoms with Crippen molar-refractivity contribution in [1.29, 1.82) is 0 Å². The second-order valence-corrected chi connectivity index (χ2v) is 6.34. The normalized spacial score (nSPS) is 14.8. The van der Waals surface area contributed by atoms with E-state index < -0.39 is 4.92 Å². The molecule has 0 radical (unpaired) electrons. The van der Waals surface area contributed by atoms with E-state index in [1.807, 2.05) is 4.90 Å². The summed E-state index contributed by atoms with van der Waals surface area (Å²) in [5.41, 5.74) is 6.13. The summed E-state index contributed by atoms with van der Waals surface area (Å²) in [6.07, 6.45) is 4.40. The number of nitrogen functional groups attached to an aromatic ring is 1. The maximum absolute atomic E-state index is 11.4. The number of rotatable bonds is 4. The molecule has 1 aromatic heterocycles. The monoisotopic (exact) mass is 362 g/mol. The quantitative estimate of drug-likeness (QED) is 0.629. The van der Waals surface area contributed by atoms with Crippen LogP contribution in [-0.4, -0.2) is 28.0 Å². The molecule has 3 rings (SSSR count). The maximum atomic E-state index is 11.4. The highest BCUT2D eigenvalue weighted by molar-refractivity contribution is 6.30. The maximum Gasteiger partial charge on any atom is 0.353 e. The largest absolute Gasteiger partial charge is 0.378 e. The van der Waals surface area contributed by atoms with Gasteiger partial charge in [0, 0.05) is 23.8 Å². The molecule has 0 amide bonds. The lowest BCUT2D eigenvalue weighted by molar-refractivity contribution is -0.383. The first-order valence-electron chi connectivity index (χ1n) is 8.14. The highest BCUT2D eigenvalue weighted by Crippen LogP contribution is 2.33. The number of halogens is 1. The summed E-state index contributed by atoms with van der Waals surface area (Å²) in [5, 5.41) is 14.9. The summed E-state index contributed by atoms with van der Waals surface area (Å²) in [6, 6.07) is 6.88. The van der Waals surface area contributed by atoms with Crippen LogP contribution in [0, 0.1) is 10.1 Å². The number of nitro groups is 1. The molecule has 0 aliphatic carbocycles. The first-order chi connectivity index (χ1) is 12.0. The van der Waals surface area contributed by atoms with Gasteiger partial charge in [0.15, 0.2) is 0 Å². The van der Waals surface area contributed by atoms with Crippen molar-refractivity contribution in [2.45, 2.75) is 25.7 Å². The van der Waals surface area contributed by atoms with E-state index in [2.05, 4.69) is 15.3 Å². The van der Waals surface area contributed by atoms with Crippen molar-refractivity contribution < 1.29 is 4.92 Å². The Bertz CT molecular complexity index is 777. The molecule has 1 saturated heterocycles. The van der Waals surface area contributed by atoms with Crippen LogP contribution in [0.5, 0.6) is 0 Å². The summed E-state index contributed by atoms with van der Waals surface area (Å²) < 4.78 is 0. The summed E-state index contributed by atoms with van der Waals surface area (Å²) in [7, 11) is 0. The molecule has 0 atom stereocenters. The Hall–Kier alpha value is -2.61. The molecule has 8 nitrogen and oxygen atoms in total. The van der Waals surface area contributed by atoms with Gasteiger partial charge in [-0.25, -0.2) is 0 Å². The van der Waals surface area contributed by atoms with E-state index in [0.29, 0.717) is 16.7 Å². The number of nitrogens with two attached hydrogens (primary N) is 1. The standard InChI is InChI=1S/C16H19ClN6O2/c17-11-6-5-7-12(10-11)19-15-13(23(24)25)14(18)20-16(21-15)22-8-3-1-2-4-9-22/h5-7,10H,1-4,8-9H2,(H3,18,19,20,21). The SMILES string of the molecule is Nc1nc(N2CCCCCC2)nc(Nc2cccc(Cl)c2)c1[N+](=O)[O-]. The second kappa shape index (κ2) is 7.52. The summed E-state index contributed by atoms with van der Waals surface area (Å²) >= 11 is 5.98. The van der Waals surface area contributed by atoms with Crippen molar-refractivity contribution in [2.75, 3.05) is 29.0 Å². The van der Waals surface area contributed by atoms with Crippen molar-refractivity contribution in [1.82, 2.24) is 9.97 Å². The predicted molar refractivity (Wildman–Crippen MR) is 98.5 cm³/mol. The minimum absolute atomic E-state index is 0.0685. The average molecular weight is 363 g/mol. The summed E-state index contributed by atoms with van der Waals surface area (Å²) in [6.45, 7) is 1.63. The lowest BCUT2D eigenvalue weighted by Crippen LogP contribution is -2.26. The molecule has 0 saturated carbocycles. The molecule has 25 heavy (non-hydrogen) atoms. The minimum Gasteiger partial charge on any atom is -0.378 e. The molecule has 132 valence electrons. The molecule has 2 aromatic rings. The highest BCUT2D eigenvalue weighted by atomic mass is 35.5. The molecule has 1 aromatic carbocycles. The van der Waals surface area contributed by atoms with Crippen molar-refractivity contribution in [3.8, 4) is 0 Å². The Labute approximate surface area is 150 Å². The van der Waals surface area contributed by atoms with Crippen LogP contribution in [0.1, 0.15) is 25.7 Å². The van der Waals surface area contributed by atoms with Crippen LogP contribution in [0.15, 0.2) is 24.3 Å². The van der Waals surface area contributed by atoms with Crippen LogP contribution in [0.2, 0.25) is 5.02 Å². The van der Waals surface area contributed by atoms with Gasteiger partial charge in [-0.1, -0.05) is 30.5 Å². The smallest absolute Gasteiger partial charge is 0.353 e. The number of aromatic nitrogens is 2. The van der Waals surface area contributed by atoms with Gasteiger partial charge in [-0.05, 0) is 31.0 Å². The van der Waals surface area contributed by atoms with Crippen LogP contribution in [0.25, 0.3) is 0 Å². The lowest BCUT2D eigenvalue weighted by Gasteiger charge is -2.21. The Balaban J connectivity index is 1.99. The van der Waals surface area contributed by atoms with Crippen molar-refractivity contribution in [3.63, 3.8) is 0 Å². The fourth-order valence-corrected chi connectivity index (χ4v) is 3.03. The number of hydrogen-bond acceptors (Lipinski definition) is 7. The van der Waals surface area contributed by atoms with Crippen LogP contribution in [0.3, 0.4) is 0 Å². The van der Waals surface area contributed by atoms with Gasteiger partial charge in [0.05, 0.1) is 4.92 Å². The topological polar surface area (TPSA) is 110 Å². The number of hydrogen-bond donors (Lipinski definition) is 2. The van der Waals surface area contributed by atoms with Gasteiger partial charge >= 0.3 is 5.69 Å². The fraction of sp³-hybridized carbons (Fsp3) is 0.375. The fourth-order valence-electron chi connectivity index (χ4n) is 2.84. The molecule has 2 heterocycles. The van der Waals surface area contributed by atoms with Gasteiger partial charge in [0.25, 0.3) is 0 Å². The van der Waals surface area contributed by atoms with Gasteiger partial charge < -0.3 is 16.0 Å². The van der Waals surface area contributed by atoms with Crippen molar-refractivity contribution in [2.24, 2.45) is 0 Å². The lowest BCUT2D eigenvalue weighted by atomic mass is 10.2. The van der Waals surface area contributed by atoms with E-state index in [9.17, 15) is 10.1 Å². The first kappa shape index (κ1) is 17.2. The molecule has 1 aliphatic heterocycles. The van der Waals surface area contributed by atoms with E-state index in [1.54, 1.807) is 24.3 Å². The highest BCUT2D eigenvalue weighted by Gasteiger charge is 2.25. The van der Waals surface area contributed by atoms with Crippen molar-refractivity contribution in [3.05, 3.63) is 39.4 Å². The number of nitrogens with zero attached hydrogens (tertiary/aromatic N) is 4. The zero-order valence-electron chi connectivity index (χ0n) is 13.6. The molecule has 1 fully saturated rings. The molecule has 0 spiro atoms. The van der Waals surface area contributed by atoms with Crippen LogP contribution >= 0.6 is 11.6 Å². The van der Waals surface area contributed by atoms with E-state index >= 15 is 0 Å². The third-order valence-corrected chi connectivity index (χ3v) is 4.29. The second-order valence-electron chi connectivity index (χ2n) is 5.90. The molecule has 0 unspecified atom stereocenters. The van der Waals surface area contributed by atoms with E-state index in [4.69, 9.17) is 17.3 Å². The third-order valence-electron chi connectivity index (χ3n) is 4.06. The molecule has 0 bridgehead atoms. The molecular formula is C16H19ClN6O2. The average Bonchev–Trinajstić information content (AvgIpc) is 2.83. The van der Waals surface area contributed by atoms with E-state index in [-0.39, 0.29) is 17.3 Å². The third kappa shape index (κ3) is 4.08. The van der Waals surface area contributed by atoms with Gasteiger partial charge in [-0.15, -0.1) is 0 Å². The Morgan fingerprint density at radius 2 is 1.92 bits per heavy atom. The Morgan fingerprint density at radius 3 is 2.56 bits per heavy atom. The van der Waals surface area contributed by atoms with Crippen LogP contribution < -0.4 is 16.0 Å². The number of anilines is 4. The molecular weight excluding hydrogens is 344 g/mol. The first-order valence-corrected chi connectivity index (χ1v) is 8.52. The van der Waals surface area contributed by atoms with Gasteiger partial charge in [0.2, 0.25) is 17.6 Å². The number of nitrogens with one attached hydrogen (secondary N) is 1. The summed E-state index contributed by atoms with van der Waals surface area (Å²) in [4.78, 5) is 21.4. The minimum atomic E-state index is -0.575. The molecule has 9 heteroatoms. The Morgan fingerprint density at radius 1 is 1.20 bits per heavy atom. The van der Waals surface area contributed by atoms with Crippen LogP contribution in [-0.2, 0) is 0 Å². The van der Waals surface area contributed by atoms with Crippen LogP contribution in [0.4, 0.5) is 29.0 Å².